The van der Waals surface area contributed by atoms with Gasteiger partial charge in [0.1, 0.15) is 6.10 Å². The lowest BCUT2D eigenvalue weighted by atomic mass is 9.88. The Labute approximate surface area is 160 Å². The Morgan fingerprint density at radius 2 is 1.96 bits per heavy atom. The van der Waals surface area contributed by atoms with Gasteiger partial charge in [-0.1, -0.05) is 6.07 Å². The van der Waals surface area contributed by atoms with E-state index < -0.39 is 6.09 Å². The van der Waals surface area contributed by atoms with E-state index in [4.69, 9.17) is 9.47 Å². The number of nitrogens with zero attached hydrogens (tertiary/aromatic N) is 2. The van der Waals surface area contributed by atoms with Gasteiger partial charge in [0.2, 0.25) is 0 Å². The molecule has 27 heavy (non-hydrogen) atoms. The monoisotopic (exact) mass is 375 g/mol. The molecule has 1 aromatic rings. The van der Waals surface area contributed by atoms with Crippen molar-refractivity contribution in [2.24, 2.45) is 5.92 Å². The van der Waals surface area contributed by atoms with Gasteiger partial charge in [-0.2, -0.15) is 0 Å². The Kier molecular flexibility index (Phi) is 6.90. The first-order valence-corrected chi connectivity index (χ1v) is 9.91. The van der Waals surface area contributed by atoms with Crippen molar-refractivity contribution in [1.29, 1.82) is 0 Å². The summed E-state index contributed by atoms with van der Waals surface area (Å²) in [6.45, 7) is 3.97. The highest BCUT2D eigenvalue weighted by molar-refractivity contribution is 5.68. The zero-order valence-electron chi connectivity index (χ0n) is 15.9. The first kappa shape index (κ1) is 19.5. The Bertz CT molecular complexity index is 611. The van der Waals surface area contributed by atoms with Gasteiger partial charge in [0.15, 0.2) is 0 Å². The van der Waals surface area contributed by atoms with Crippen molar-refractivity contribution in [2.45, 2.75) is 57.6 Å². The topological polar surface area (TPSA) is 80.8 Å². The maximum Gasteiger partial charge on any atom is 0.409 e. The third-order valence-electron chi connectivity index (χ3n) is 5.34. The number of aromatic nitrogens is 1. The Morgan fingerprint density at radius 1 is 1.22 bits per heavy atom. The van der Waals surface area contributed by atoms with Gasteiger partial charge in [-0.25, -0.2) is 9.59 Å². The highest BCUT2D eigenvalue weighted by Crippen LogP contribution is 2.27. The molecule has 7 heteroatoms. The molecule has 2 fully saturated rings. The molecule has 0 radical (unpaired) electrons. The van der Waals surface area contributed by atoms with E-state index in [0.29, 0.717) is 12.5 Å². The van der Waals surface area contributed by atoms with E-state index in [2.05, 4.69) is 10.3 Å². The minimum atomic E-state index is -0.405. The van der Waals surface area contributed by atoms with Crippen LogP contribution >= 0.6 is 0 Å². The largest absolute Gasteiger partial charge is 0.449 e. The van der Waals surface area contributed by atoms with Gasteiger partial charge >= 0.3 is 12.2 Å². The average molecular weight is 375 g/mol. The van der Waals surface area contributed by atoms with Crippen LogP contribution in [0.25, 0.3) is 0 Å². The average Bonchev–Trinajstić information content (AvgIpc) is 3.23. The standard InChI is InChI=1S/C20H29N3O4/c1-15(18-6-2-3-11-21-18)22-19(24)27-17-9-7-16(8-10-17)14-26-20(25)23-12-4-5-13-23/h2-3,6,11,15-17H,4-5,7-10,12-14H2,1H3,(H,22,24). The molecule has 0 bridgehead atoms. The molecule has 2 aliphatic rings. The number of carbonyl (C=O) groups is 2. The lowest BCUT2D eigenvalue weighted by Gasteiger charge is -2.28. The number of nitrogens with one attached hydrogen (secondary N) is 1. The van der Waals surface area contributed by atoms with E-state index in [1.807, 2.05) is 25.1 Å². The minimum absolute atomic E-state index is 0.0773. The molecule has 1 saturated carbocycles. The number of rotatable bonds is 5. The van der Waals surface area contributed by atoms with Crippen molar-refractivity contribution in [3.63, 3.8) is 0 Å². The fraction of sp³-hybridized carbons (Fsp3) is 0.650. The van der Waals surface area contributed by atoms with Crippen molar-refractivity contribution in [1.82, 2.24) is 15.2 Å². The summed E-state index contributed by atoms with van der Waals surface area (Å²) in [5.74, 6) is 0.354. The molecule has 1 saturated heterocycles. The zero-order valence-corrected chi connectivity index (χ0v) is 15.9. The molecular weight excluding hydrogens is 346 g/mol. The van der Waals surface area contributed by atoms with Gasteiger partial charge in [-0.05, 0) is 63.5 Å². The predicted octanol–water partition coefficient (Wildman–Crippen LogP) is 3.66. The van der Waals surface area contributed by atoms with Crippen LogP contribution in [0.2, 0.25) is 0 Å². The van der Waals surface area contributed by atoms with E-state index in [0.717, 1.165) is 57.3 Å². The maximum absolute atomic E-state index is 12.1. The summed E-state index contributed by atoms with van der Waals surface area (Å²) in [6, 6.07) is 5.42. The maximum atomic E-state index is 12.1. The van der Waals surface area contributed by atoms with Crippen molar-refractivity contribution in [2.75, 3.05) is 19.7 Å². The van der Waals surface area contributed by atoms with Gasteiger partial charge in [0, 0.05) is 19.3 Å². The molecule has 1 aliphatic heterocycles. The number of amides is 2. The number of hydrogen-bond donors (Lipinski definition) is 1. The molecule has 7 nitrogen and oxygen atoms in total. The predicted molar refractivity (Wildman–Crippen MR) is 100 cm³/mol. The molecule has 1 unspecified atom stereocenters. The van der Waals surface area contributed by atoms with Gasteiger partial charge in [-0.3, -0.25) is 4.98 Å². The van der Waals surface area contributed by atoms with Gasteiger partial charge < -0.3 is 19.7 Å². The molecule has 1 N–H and O–H groups in total. The van der Waals surface area contributed by atoms with E-state index in [1.165, 1.54) is 0 Å². The first-order chi connectivity index (χ1) is 13.1. The molecule has 1 aliphatic carbocycles. The SMILES string of the molecule is CC(NC(=O)OC1CCC(COC(=O)N2CCCC2)CC1)c1ccccn1. The highest BCUT2D eigenvalue weighted by atomic mass is 16.6. The fourth-order valence-electron chi connectivity index (χ4n) is 3.66. The fourth-order valence-corrected chi connectivity index (χ4v) is 3.66. The molecule has 2 amide bonds. The summed E-state index contributed by atoms with van der Waals surface area (Å²) in [7, 11) is 0. The van der Waals surface area contributed by atoms with Crippen LogP contribution in [0.1, 0.15) is 57.2 Å². The van der Waals surface area contributed by atoms with Gasteiger partial charge in [-0.15, -0.1) is 0 Å². The second-order valence-corrected chi connectivity index (χ2v) is 7.44. The van der Waals surface area contributed by atoms with Crippen molar-refractivity contribution in [3.05, 3.63) is 30.1 Å². The van der Waals surface area contributed by atoms with Crippen LogP contribution in [-0.2, 0) is 9.47 Å². The van der Waals surface area contributed by atoms with Crippen molar-refractivity contribution >= 4 is 12.2 Å². The van der Waals surface area contributed by atoms with Crippen LogP contribution in [0.4, 0.5) is 9.59 Å². The van der Waals surface area contributed by atoms with Crippen molar-refractivity contribution in [3.8, 4) is 0 Å². The second kappa shape index (κ2) is 9.58. The molecule has 0 spiro atoms. The summed E-state index contributed by atoms with van der Waals surface area (Å²) in [5, 5.41) is 2.83. The Balaban J connectivity index is 1.33. The van der Waals surface area contributed by atoms with E-state index >= 15 is 0 Å². The third-order valence-corrected chi connectivity index (χ3v) is 5.34. The van der Waals surface area contributed by atoms with Gasteiger partial charge in [0.05, 0.1) is 18.3 Å². The van der Waals surface area contributed by atoms with Crippen LogP contribution < -0.4 is 5.32 Å². The molecule has 2 heterocycles. The smallest absolute Gasteiger partial charge is 0.409 e. The van der Waals surface area contributed by atoms with Crippen LogP contribution in [0, 0.1) is 5.92 Å². The Hall–Kier alpha value is -2.31. The molecule has 1 atom stereocenters. The molecule has 3 rings (SSSR count). The number of pyridine rings is 1. The number of hydrogen-bond acceptors (Lipinski definition) is 5. The van der Waals surface area contributed by atoms with E-state index in [1.54, 1.807) is 11.1 Å². The number of carbonyl (C=O) groups excluding carboxylic acids is 2. The number of likely N-dealkylation sites (tertiary alicyclic amines) is 1. The summed E-state index contributed by atoms with van der Waals surface area (Å²) in [6.07, 6.45) is 6.59. The van der Waals surface area contributed by atoms with Crippen LogP contribution in [0.5, 0.6) is 0 Å². The Morgan fingerprint density at radius 3 is 2.63 bits per heavy atom. The highest BCUT2D eigenvalue weighted by Gasteiger charge is 2.26. The second-order valence-electron chi connectivity index (χ2n) is 7.44. The van der Waals surface area contributed by atoms with Crippen LogP contribution in [0.3, 0.4) is 0 Å². The summed E-state index contributed by atoms with van der Waals surface area (Å²) >= 11 is 0. The van der Waals surface area contributed by atoms with E-state index in [-0.39, 0.29) is 18.2 Å². The third kappa shape index (κ3) is 5.84. The number of ether oxygens (including phenoxy) is 2. The van der Waals surface area contributed by atoms with Crippen LogP contribution in [-0.4, -0.2) is 47.9 Å². The molecule has 1 aromatic heterocycles. The normalized spacial score (nSPS) is 23.5. The first-order valence-electron chi connectivity index (χ1n) is 9.91. The lowest BCUT2D eigenvalue weighted by molar-refractivity contribution is 0.0434. The van der Waals surface area contributed by atoms with Crippen molar-refractivity contribution < 1.29 is 19.1 Å². The molecular formula is C20H29N3O4. The van der Waals surface area contributed by atoms with Crippen LogP contribution in [0.15, 0.2) is 24.4 Å². The minimum Gasteiger partial charge on any atom is -0.449 e. The van der Waals surface area contributed by atoms with E-state index in [9.17, 15) is 9.59 Å². The summed E-state index contributed by atoms with van der Waals surface area (Å²) in [5.41, 5.74) is 0.804. The quantitative estimate of drug-likeness (QED) is 0.849. The number of alkyl carbamates (subject to hydrolysis) is 1. The molecule has 148 valence electrons. The lowest BCUT2D eigenvalue weighted by Crippen LogP contribution is -2.34. The summed E-state index contributed by atoms with van der Waals surface area (Å²) < 4.78 is 11.0. The van der Waals surface area contributed by atoms with Gasteiger partial charge in [0.25, 0.3) is 0 Å². The summed E-state index contributed by atoms with van der Waals surface area (Å²) in [4.78, 5) is 30.1. The zero-order chi connectivity index (χ0) is 19.1. The molecule has 0 aromatic carbocycles.